The molecule has 0 aromatic heterocycles. The average molecular weight is 237 g/mol. The van der Waals surface area contributed by atoms with Gasteiger partial charge in [0.25, 0.3) is 0 Å². The number of aryl methyl sites for hydroxylation is 1. The normalized spacial score (nSPS) is 19.8. The zero-order valence-corrected chi connectivity index (χ0v) is 10.8. The van der Waals surface area contributed by atoms with Gasteiger partial charge in [-0.05, 0) is 48.5 Å². The van der Waals surface area contributed by atoms with Crippen LogP contribution in [0.5, 0.6) is 5.75 Å². The van der Waals surface area contributed by atoms with Crippen molar-refractivity contribution in [2.24, 2.45) is 5.92 Å². The van der Waals surface area contributed by atoms with Gasteiger partial charge in [0.15, 0.2) is 0 Å². The molecule has 1 aromatic rings. The van der Waals surface area contributed by atoms with Gasteiger partial charge in [0.05, 0.1) is 12.8 Å². The number of hydrogen-bond donors (Lipinski definition) is 1. The summed E-state index contributed by atoms with van der Waals surface area (Å²) in [6, 6.07) is 6.26. The monoisotopic (exact) mass is 237 g/mol. The number of nitrogens with one attached hydrogen (secondary N) is 1. The molecular formula is C13H19NOS. The molecule has 2 rings (SSSR count). The Balaban J connectivity index is 1.98. The van der Waals surface area contributed by atoms with E-state index in [2.05, 4.69) is 36.1 Å². The van der Waals surface area contributed by atoms with Crippen LogP contribution in [0.2, 0.25) is 0 Å². The number of methoxy groups -OCH3 is 1. The maximum atomic E-state index is 5.35. The smallest absolute Gasteiger partial charge is 0.141 e. The molecule has 1 heterocycles. The van der Waals surface area contributed by atoms with E-state index in [0.29, 0.717) is 0 Å². The van der Waals surface area contributed by atoms with Gasteiger partial charge in [-0.25, -0.2) is 0 Å². The Hall–Kier alpha value is -0.830. The largest absolute Gasteiger partial charge is 0.495 e. The minimum Gasteiger partial charge on any atom is -0.495 e. The predicted octanol–water partition coefficient (Wildman–Crippen LogP) is 3.17. The summed E-state index contributed by atoms with van der Waals surface area (Å²) < 4.78 is 5.35. The van der Waals surface area contributed by atoms with Gasteiger partial charge in [0.2, 0.25) is 0 Å². The topological polar surface area (TPSA) is 21.3 Å². The van der Waals surface area contributed by atoms with Crippen molar-refractivity contribution < 1.29 is 4.74 Å². The molecule has 2 nitrogen and oxygen atoms in total. The summed E-state index contributed by atoms with van der Waals surface area (Å²) in [5.41, 5.74) is 2.39. The highest BCUT2D eigenvalue weighted by Crippen LogP contribution is 2.28. The van der Waals surface area contributed by atoms with Gasteiger partial charge in [-0.15, -0.1) is 0 Å². The van der Waals surface area contributed by atoms with Gasteiger partial charge in [-0.3, -0.25) is 0 Å². The van der Waals surface area contributed by atoms with Crippen molar-refractivity contribution in [3.8, 4) is 5.75 Å². The SMILES string of the molecule is COc1ccc(C)cc1NCC1CCSC1. The van der Waals surface area contributed by atoms with Crippen molar-refractivity contribution in [2.75, 3.05) is 30.5 Å². The van der Waals surface area contributed by atoms with Crippen LogP contribution in [0, 0.1) is 12.8 Å². The van der Waals surface area contributed by atoms with Crippen molar-refractivity contribution in [2.45, 2.75) is 13.3 Å². The molecule has 1 saturated heterocycles. The fraction of sp³-hybridized carbons (Fsp3) is 0.538. The lowest BCUT2D eigenvalue weighted by atomic mass is 10.1. The van der Waals surface area contributed by atoms with Crippen molar-refractivity contribution >= 4 is 17.4 Å². The summed E-state index contributed by atoms with van der Waals surface area (Å²) in [4.78, 5) is 0. The molecule has 0 saturated carbocycles. The third-order valence-electron chi connectivity index (χ3n) is 2.96. The molecule has 1 unspecified atom stereocenters. The van der Waals surface area contributed by atoms with Crippen LogP contribution in [0.3, 0.4) is 0 Å². The zero-order chi connectivity index (χ0) is 11.4. The number of thioether (sulfide) groups is 1. The Morgan fingerprint density at radius 3 is 3.06 bits per heavy atom. The van der Waals surface area contributed by atoms with Crippen LogP contribution in [-0.2, 0) is 0 Å². The highest BCUT2D eigenvalue weighted by molar-refractivity contribution is 7.99. The van der Waals surface area contributed by atoms with E-state index in [0.717, 1.165) is 23.9 Å². The summed E-state index contributed by atoms with van der Waals surface area (Å²) in [6.45, 7) is 3.17. The molecule has 1 fully saturated rings. The molecule has 1 atom stereocenters. The van der Waals surface area contributed by atoms with Crippen LogP contribution in [0.25, 0.3) is 0 Å². The Labute approximate surface area is 102 Å². The number of rotatable bonds is 4. The molecule has 1 N–H and O–H groups in total. The molecule has 88 valence electrons. The number of ether oxygens (including phenoxy) is 1. The third kappa shape index (κ3) is 2.85. The fourth-order valence-electron chi connectivity index (χ4n) is 1.96. The molecule has 1 aromatic carbocycles. The van der Waals surface area contributed by atoms with Crippen molar-refractivity contribution in [3.63, 3.8) is 0 Å². The standard InChI is InChI=1S/C13H19NOS/c1-10-3-4-13(15-2)12(7-10)14-8-11-5-6-16-9-11/h3-4,7,11,14H,5-6,8-9H2,1-2H3. The summed E-state index contributed by atoms with van der Waals surface area (Å²) >= 11 is 2.06. The quantitative estimate of drug-likeness (QED) is 0.869. The minimum atomic E-state index is 0.815. The zero-order valence-electron chi connectivity index (χ0n) is 9.95. The van der Waals surface area contributed by atoms with Gasteiger partial charge in [0, 0.05) is 6.54 Å². The molecular weight excluding hydrogens is 218 g/mol. The summed E-state index contributed by atoms with van der Waals surface area (Å²) in [7, 11) is 1.72. The van der Waals surface area contributed by atoms with E-state index in [4.69, 9.17) is 4.74 Å². The first-order valence-corrected chi connectivity index (χ1v) is 6.91. The van der Waals surface area contributed by atoms with E-state index in [1.807, 2.05) is 6.07 Å². The van der Waals surface area contributed by atoms with E-state index in [9.17, 15) is 0 Å². The van der Waals surface area contributed by atoms with Crippen LogP contribution in [0.15, 0.2) is 18.2 Å². The highest BCUT2D eigenvalue weighted by atomic mass is 32.2. The van der Waals surface area contributed by atoms with Crippen LogP contribution in [-0.4, -0.2) is 25.2 Å². The highest BCUT2D eigenvalue weighted by Gasteiger charge is 2.15. The maximum Gasteiger partial charge on any atom is 0.141 e. The Morgan fingerprint density at radius 1 is 1.50 bits per heavy atom. The fourth-order valence-corrected chi connectivity index (χ4v) is 3.24. The van der Waals surface area contributed by atoms with E-state index < -0.39 is 0 Å². The van der Waals surface area contributed by atoms with E-state index in [1.165, 1.54) is 23.5 Å². The Kier molecular flexibility index (Phi) is 3.99. The molecule has 0 bridgehead atoms. The first-order valence-electron chi connectivity index (χ1n) is 5.76. The van der Waals surface area contributed by atoms with Gasteiger partial charge in [-0.2, -0.15) is 11.8 Å². The lowest BCUT2D eigenvalue weighted by molar-refractivity contribution is 0.416. The number of hydrogen-bond acceptors (Lipinski definition) is 3. The van der Waals surface area contributed by atoms with E-state index in [1.54, 1.807) is 7.11 Å². The number of benzene rings is 1. The summed E-state index contributed by atoms with van der Waals surface area (Å²) in [5, 5.41) is 3.51. The molecule has 16 heavy (non-hydrogen) atoms. The molecule has 0 aliphatic carbocycles. The van der Waals surface area contributed by atoms with Crippen molar-refractivity contribution in [3.05, 3.63) is 23.8 Å². The van der Waals surface area contributed by atoms with Crippen molar-refractivity contribution in [1.82, 2.24) is 0 Å². The van der Waals surface area contributed by atoms with Gasteiger partial charge < -0.3 is 10.1 Å². The van der Waals surface area contributed by atoms with Crippen LogP contribution < -0.4 is 10.1 Å². The summed E-state index contributed by atoms with van der Waals surface area (Å²) in [6.07, 6.45) is 1.34. The van der Waals surface area contributed by atoms with Crippen molar-refractivity contribution in [1.29, 1.82) is 0 Å². The third-order valence-corrected chi connectivity index (χ3v) is 4.19. The van der Waals surface area contributed by atoms with Crippen LogP contribution >= 0.6 is 11.8 Å². The first kappa shape index (κ1) is 11.6. The average Bonchev–Trinajstić information content (AvgIpc) is 2.79. The molecule has 1 aliphatic heterocycles. The molecule has 0 amide bonds. The Bertz CT molecular complexity index is 348. The maximum absolute atomic E-state index is 5.35. The van der Waals surface area contributed by atoms with Gasteiger partial charge in [0.1, 0.15) is 5.75 Å². The minimum absolute atomic E-state index is 0.815. The second-order valence-electron chi connectivity index (χ2n) is 4.31. The lowest BCUT2D eigenvalue weighted by Crippen LogP contribution is -2.14. The molecule has 1 aliphatic rings. The van der Waals surface area contributed by atoms with Gasteiger partial charge in [-0.1, -0.05) is 6.07 Å². The second kappa shape index (κ2) is 5.48. The van der Waals surface area contributed by atoms with E-state index in [-0.39, 0.29) is 0 Å². The van der Waals surface area contributed by atoms with E-state index >= 15 is 0 Å². The number of anilines is 1. The Morgan fingerprint density at radius 2 is 2.38 bits per heavy atom. The predicted molar refractivity (Wildman–Crippen MR) is 71.7 cm³/mol. The molecule has 3 heteroatoms. The molecule has 0 radical (unpaired) electrons. The second-order valence-corrected chi connectivity index (χ2v) is 5.46. The van der Waals surface area contributed by atoms with Crippen LogP contribution in [0.4, 0.5) is 5.69 Å². The molecule has 0 spiro atoms. The lowest BCUT2D eigenvalue weighted by Gasteiger charge is -2.14. The first-order chi connectivity index (χ1) is 7.79. The van der Waals surface area contributed by atoms with Gasteiger partial charge >= 0.3 is 0 Å². The van der Waals surface area contributed by atoms with Crippen LogP contribution in [0.1, 0.15) is 12.0 Å². The summed E-state index contributed by atoms with van der Waals surface area (Å²) in [5.74, 6) is 4.37.